The topological polar surface area (TPSA) is 41.1 Å². The summed E-state index contributed by atoms with van der Waals surface area (Å²) in [5.74, 6) is 0.193. The number of carbonyl (C=O) groups is 1. The number of rotatable bonds is 6. The van der Waals surface area contributed by atoms with E-state index in [1.807, 2.05) is 6.07 Å². The molecule has 0 spiro atoms. The van der Waals surface area contributed by atoms with Crippen LogP contribution in [0.15, 0.2) is 30.3 Å². The molecule has 1 unspecified atom stereocenters. The number of hydrogen-bond acceptors (Lipinski definition) is 2. The Hall–Kier alpha value is -1.35. The molecule has 0 aromatic heterocycles. The molecule has 0 bridgehead atoms. The molecular formula is C20H30N2O. The van der Waals surface area contributed by atoms with E-state index in [1.165, 1.54) is 50.5 Å². The van der Waals surface area contributed by atoms with E-state index in [0.717, 1.165) is 19.3 Å². The van der Waals surface area contributed by atoms with Crippen molar-refractivity contribution in [2.45, 2.75) is 82.3 Å². The highest BCUT2D eigenvalue weighted by Gasteiger charge is 2.28. The van der Waals surface area contributed by atoms with Gasteiger partial charge in [0.1, 0.15) is 0 Å². The van der Waals surface area contributed by atoms with Gasteiger partial charge in [-0.3, -0.25) is 4.79 Å². The first kappa shape index (κ1) is 16.5. The lowest BCUT2D eigenvalue weighted by Gasteiger charge is -2.27. The third kappa shape index (κ3) is 5.65. The fourth-order valence-electron chi connectivity index (χ4n) is 3.51. The van der Waals surface area contributed by atoms with E-state index in [1.54, 1.807) is 0 Å². The Morgan fingerprint density at radius 3 is 2.22 bits per heavy atom. The van der Waals surface area contributed by atoms with Gasteiger partial charge in [0.05, 0.1) is 6.04 Å². The minimum Gasteiger partial charge on any atom is -0.352 e. The molecule has 2 aliphatic carbocycles. The smallest absolute Gasteiger partial charge is 0.237 e. The van der Waals surface area contributed by atoms with Gasteiger partial charge in [-0.1, -0.05) is 62.4 Å². The van der Waals surface area contributed by atoms with Crippen molar-refractivity contribution in [3.05, 3.63) is 35.9 Å². The van der Waals surface area contributed by atoms with Crippen LogP contribution in [-0.4, -0.2) is 24.0 Å². The molecule has 0 heterocycles. The van der Waals surface area contributed by atoms with Crippen molar-refractivity contribution in [3.63, 3.8) is 0 Å². The monoisotopic (exact) mass is 314 g/mol. The Balaban J connectivity index is 1.61. The molecule has 3 nitrogen and oxygen atoms in total. The average molecular weight is 314 g/mol. The Morgan fingerprint density at radius 2 is 1.57 bits per heavy atom. The molecule has 126 valence electrons. The lowest BCUT2D eigenvalue weighted by Crippen LogP contribution is -2.50. The summed E-state index contributed by atoms with van der Waals surface area (Å²) in [6, 6.07) is 11.2. The molecule has 2 aliphatic rings. The molecule has 1 aromatic rings. The zero-order valence-electron chi connectivity index (χ0n) is 14.1. The summed E-state index contributed by atoms with van der Waals surface area (Å²) < 4.78 is 0. The zero-order valence-corrected chi connectivity index (χ0v) is 14.1. The number of benzene rings is 1. The summed E-state index contributed by atoms with van der Waals surface area (Å²) in [4.78, 5) is 12.7. The third-order valence-corrected chi connectivity index (χ3v) is 5.06. The van der Waals surface area contributed by atoms with Crippen molar-refractivity contribution >= 4 is 5.91 Å². The summed E-state index contributed by atoms with van der Waals surface area (Å²) in [5.41, 5.74) is 1.24. The Labute approximate surface area is 140 Å². The van der Waals surface area contributed by atoms with Crippen LogP contribution in [0.3, 0.4) is 0 Å². The largest absolute Gasteiger partial charge is 0.352 e. The van der Waals surface area contributed by atoms with Crippen LogP contribution in [0, 0.1) is 0 Å². The van der Waals surface area contributed by atoms with Crippen molar-refractivity contribution in [1.29, 1.82) is 0 Å². The van der Waals surface area contributed by atoms with Crippen LogP contribution in [0.2, 0.25) is 0 Å². The van der Waals surface area contributed by atoms with Crippen LogP contribution in [-0.2, 0) is 11.2 Å². The average Bonchev–Trinajstić information content (AvgIpc) is 3.34. The van der Waals surface area contributed by atoms with Crippen LogP contribution in [0.5, 0.6) is 0 Å². The first-order valence-corrected chi connectivity index (χ1v) is 9.41. The van der Waals surface area contributed by atoms with E-state index in [-0.39, 0.29) is 11.9 Å². The predicted octanol–water partition coefficient (Wildman–Crippen LogP) is 3.58. The number of carbonyl (C=O) groups excluding carboxylic acids is 1. The van der Waals surface area contributed by atoms with Gasteiger partial charge in [0.15, 0.2) is 0 Å². The van der Waals surface area contributed by atoms with Crippen molar-refractivity contribution in [1.82, 2.24) is 10.6 Å². The quantitative estimate of drug-likeness (QED) is 0.842. The second-order valence-corrected chi connectivity index (χ2v) is 7.23. The van der Waals surface area contributed by atoms with Crippen LogP contribution in [0.4, 0.5) is 0 Å². The maximum atomic E-state index is 12.7. The fraction of sp³-hybridized carbons (Fsp3) is 0.650. The summed E-state index contributed by atoms with van der Waals surface area (Å²) in [6.07, 6.45) is 12.1. The summed E-state index contributed by atoms with van der Waals surface area (Å²) in [6.45, 7) is 0. The van der Waals surface area contributed by atoms with Crippen molar-refractivity contribution in [2.75, 3.05) is 0 Å². The van der Waals surface area contributed by atoms with E-state index in [2.05, 4.69) is 34.9 Å². The molecule has 1 amide bonds. The molecule has 1 atom stereocenters. The standard InChI is InChI=1S/C20H30N2O/c23-20(22-18-13-14-18)19(15-16-9-5-4-6-10-16)21-17-11-7-2-1-3-8-12-17/h4-6,9-10,17-19,21H,1-3,7-8,11-15H2,(H,22,23). The molecule has 2 fully saturated rings. The van der Waals surface area contributed by atoms with Gasteiger partial charge in [-0.25, -0.2) is 0 Å². The van der Waals surface area contributed by atoms with Gasteiger partial charge in [-0.15, -0.1) is 0 Å². The lowest BCUT2D eigenvalue weighted by molar-refractivity contribution is -0.123. The van der Waals surface area contributed by atoms with Gasteiger partial charge in [-0.05, 0) is 37.7 Å². The van der Waals surface area contributed by atoms with Crippen molar-refractivity contribution in [2.24, 2.45) is 0 Å². The van der Waals surface area contributed by atoms with Crippen molar-refractivity contribution in [3.8, 4) is 0 Å². The molecule has 3 heteroatoms. The normalized spacial score (nSPS) is 21.2. The van der Waals surface area contributed by atoms with Gasteiger partial charge < -0.3 is 10.6 Å². The highest BCUT2D eigenvalue weighted by Crippen LogP contribution is 2.20. The molecule has 2 N–H and O–H groups in total. The highest BCUT2D eigenvalue weighted by atomic mass is 16.2. The minimum absolute atomic E-state index is 0.0950. The number of nitrogens with one attached hydrogen (secondary N) is 2. The van der Waals surface area contributed by atoms with Gasteiger partial charge in [-0.2, -0.15) is 0 Å². The van der Waals surface area contributed by atoms with E-state index >= 15 is 0 Å². The van der Waals surface area contributed by atoms with E-state index < -0.39 is 0 Å². The SMILES string of the molecule is O=C(NC1CC1)C(Cc1ccccc1)NC1CCCCCCC1. The second-order valence-electron chi connectivity index (χ2n) is 7.23. The number of amides is 1. The second kappa shape index (κ2) is 8.49. The van der Waals surface area contributed by atoms with Crippen LogP contribution in [0.25, 0.3) is 0 Å². The summed E-state index contributed by atoms with van der Waals surface area (Å²) >= 11 is 0. The lowest BCUT2D eigenvalue weighted by atomic mass is 9.95. The van der Waals surface area contributed by atoms with Crippen LogP contribution >= 0.6 is 0 Å². The van der Waals surface area contributed by atoms with Gasteiger partial charge in [0, 0.05) is 12.1 Å². The summed E-state index contributed by atoms with van der Waals surface area (Å²) in [5, 5.41) is 6.88. The van der Waals surface area contributed by atoms with E-state index in [9.17, 15) is 4.79 Å². The minimum atomic E-state index is -0.0950. The van der Waals surface area contributed by atoms with E-state index in [0.29, 0.717) is 12.1 Å². The fourth-order valence-corrected chi connectivity index (χ4v) is 3.51. The van der Waals surface area contributed by atoms with E-state index in [4.69, 9.17) is 0 Å². The molecule has 0 aliphatic heterocycles. The first-order valence-electron chi connectivity index (χ1n) is 9.41. The Bertz CT molecular complexity index is 476. The maximum absolute atomic E-state index is 12.7. The van der Waals surface area contributed by atoms with Crippen LogP contribution in [0.1, 0.15) is 63.4 Å². The molecule has 2 saturated carbocycles. The predicted molar refractivity (Wildman–Crippen MR) is 94.3 cm³/mol. The Morgan fingerprint density at radius 1 is 0.913 bits per heavy atom. The number of hydrogen-bond donors (Lipinski definition) is 2. The molecule has 0 radical (unpaired) electrons. The zero-order chi connectivity index (χ0) is 15.9. The summed E-state index contributed by atoms with van der Waals surface area (Å²) in [7, 11) is 0. The highest BCUT2D eigenvalue weighted by molar-refractivity contribution is 5.82. The molecule has 3 rings (SSSR count). The maximum Gasteiger partial charge on any atom is 0.237 e. The molecular weight excluding hydrogens is 284 g/mol. The van der Waals surface area contributed by atoms with Crippen LogP contribution < -0.4 is 10.6 Å². The van der Waals surface area contributed by atoms with Gasteiger partial charge in [0.25, 0.3) is 0 Å². The van der Waals surface area contributed by atoms with Gasteiger partial charge >= 0.3 is 0 Å². The van der Waals surface area contributed by atoms with Crippen molar-refractivity contribution < 1.29 is 4.79 Å². The Kier molecular flexibility index (Phi) is 6.09. The molecule has 0 saturated heterocycles. The molecule has 1 aromatic carbocycles. The van der Waals surface area contributed by atoms with Gasteiger partial charge in [0.2, 0.25) is 5.91 Å². The first-order chi connectivity index (χ1) is 11.3. The third-order valence-electron chi connectivity index (χ3n) is 5.06. The molecule has 23 heavy (non-hydrogen) atoms.